The number of unbranched alkanes of at least 4 members (excludes halogenated alkanes) is 5. The van der Waals surface area contributed by atoms with Crippen LogP contribution in [0.1, 0.15) is 44.1 Å². The number of aromatic nitrogens is 1. The second kappa shape index (κ2) is 8.75. The number of aliphatic hydroxyl groups is 1. The number of aromatic amines is 1. The minimum atomic E-state index is -0.155. The molecule has 0 aliphatic carbocycles. The quantitative estimate of drug-likeness (QED) is 0.664. The largest absolute Gasteiger partial charge is 0.488 e. The summed E-state index contributed by atoms with van der Waals surface area (Å²) in [7, 11) is 0. The van der Waals surface area contributed by atoms with Gasteiger partial charge in [-0.2, -0.15) is 0 Å². The van der Waals surface area contributed by atoms with Crippen molar-refractivity contribution >= 4 is 0 Å². The van der Waals surface area contributed by atoms with Gasteiger partial charge in [-0.1, -0.05) is 25.7 Å². The van der Waals surface area contributed by atoms with Gasteiger partial charge in [-0.25, -0.2) is 0 Å². The number of pyridine rings is 1. The van der Waals surface area contributed by atoms with E-state index in [4.69, 9.17) is 9.84 Å². The molecule has 18 heavy (non-hydrogen) atoms. The van der Waals surface area contributed by atoms with Gasteiger partial charge < -0.3 is 14.8 Å². The highest BCUT2D eigenvalue weighted by atomic mass is 16.5. The van der Waals surface area contributed by atoms with Gasteiger partial charge in [-0.3, -0.25) is 4.79 Å². The molecule has 0 unspecified atom stereocenters. The number of rotatable bonds is 9. The van der Waals surface area contributed by atoms with E-state index in [1.807, 2.05) is 13.0 Å². The second-order valence-electron chi connectivity index (χ2n) is 4.51. The molecule has 0 aliphatic heterocycles. The number of aliphatic hydroxyl groups excluding tert-OH is 1. The molecule has 0 amide bonds. The molecule has 1 aromatic rings. The molecule has 0 atom stereocenters. The molecule has 0 saturated heterocycles. The van der Waals surface area contributed by atoms with Crippen molar-refractivity contribution in [3.05, 3.63) is 28.2 Å². The minimum Gasteiger partial charge on any atom is -0.488 e. The zero-order valence-electron chi connectivity index (χ0n) is 11.1. The van der Waals surface area contributed by atoms with Crippen LogP contribution in [-0.2, 0) is 0 Å². The van der Waals surface area contributed by atoms with Gasteiger partial charge in [0.05, 0.1) is 6.61 Å². The van der Waals surface area contributed by atoms with E-state index >= 15 is 0 Å². The Bertz CT molecular complexity index is 387. The summed E-state index contributed by atoms with van der Waals surface area (Å²) in [5.41, 5.74) is 0.722. The summed E-state index contributed by atoms with van der Waals surface area (Å²) >= 11 is 0. The Labute approximate surface area is 108 Å². The Kier molecular flexibility index (Phi) is 7.18. The van der Waals surface area contributed by atoms with Gasteiger partial charge in [0, 0.05) is 12.8 Å². The predicted molar refractivity (Wildman–Crippen MR) is 72.1 cm³/mol. The first kappa shape index (κ1) is 14.8. The van der Waals surface area contributed by atoms with E-state index in [2.05, 4.69) is 4.98 Å². The molecule has 0 fully saturated rings. The fourth-order valence-corrected chi connectivity index (χ4v) is 1.84. The number of nitrogens with one attached hydrogen (secondary N) is 1. The lowest BCUT2D eigenvalue weighted by Crippen LogP contribution is -2.12. The molecule has 0 spiro atoms. The van der Waals surface area contributed by atoms with E-state index in [0.717, 1.165) is 44.1 Å². The summed E-state index contributed by atoms with van der Waals surface area (Å²) in [6.07, 6.45) is 8.01. The average molecular weight is 253 g/mol. The summed E-state index contributed by atoms with van der Waals surface area (Å²) in [5.74, 6) is 0.442. The monoisotopic (exact) mass is 253 g/mol. The fourth-order valence-electron chi connectivity index (χ4n) is 1.84. The Balaban J connectivity index is 2.13. The molecule has 1 aromatic heterocycles. The Morgan fingerprint density at radius 2 is 1.83 bits per heavy atom. The summed E-state index contributed by atoms with van der Waals surface area (Å²) in [5, 5.41) is 8.63. The van der Waals surface area contributed by atoms with E-state index in [-0.39, 0.29) is 5.56 Å². The maximum atomic E-state index is 11.5. The van der Waals surface area contributed by atoms with Crippen LogP contribution in [-0.4, -0.2) is 23.3 Å². The molecule has 1 rings (SSSR count). The Hall–Kier alpha value is -1.29. The number of hydrogen-bond donors (Lipinski definition) is 2. The lowest BCUT2D eigenvalue weighted by molar-refractivity contribution is 0.279. The van der Waals surface area contributed by atoms with Gasteiger partial charge in [-0.15, -0.1) is 0 Å². The standard InChI is InChI=1S/C14H23NO3/c1-12-8-9-15-14(17)13(12)18-11-7-5-3-2-4-6-10-16/h8-9,16H,2-7,10-11H2,1H3,(H,15,17). The molecule has 0 bridgehead atoms. The first-order valence-corrected chi connectivity index (χ1v) is 6.67. The number of ether oxygens (including phenoxy) is 1. The summed E-state index contributed by atoms with van der Waals surface area (Å²) in [6.45, 7) is 2.76. The first-order valence-electron chi connectivity index (χ1n) is 6.67. The average Bonchev–Trinajstić information content (AvgIpc) is 2.35. The van der Waals surface area contributed by atoms with Gasteiger partial charge in [0.1, 0.15) is 0 Å². The topological polar surface area (TPSA) is 62.3 Å². The van der Waals surface area contributed by atoms with Gasteiger partial charge in [-0.05, 0) is 31.4 Å². The normalized spacial score (nSPS) is 10.6. The van der Waals surface area contributed by atoms with Crippen molar-refractivity contribution in [2.45, 2.75) is 45.4 Å². The van der Waals surface area contributed by atoms with Crippen LogP contribution in [0.5, 0.6) is 5.75 Å². The molecule has 4 nitrogen and oxygen atoms in total. The van der Waals surface area contributed by atoms with Gasteiger partial charge in [0.25, 0.3) is 5.56 Å². The molecule has 0 radical (unpaired) electrons. The molecule has 0 aliphatic rings. The molecule has 2 N–H and O–H groups in total. The Morgan fingerprint density at radius 1 is 1.17 bits per heavy atom. The third-order valence-electron chi connectivity index (χ3n) is 2.91. The third-order valence-corrected chi connectivity index (χ3v) is 2.91. The van der Waals surface area contributed by atoms with E-state index in [1.165, 1.54) is 0 Å². The second-order valence-corrected chi connectivity index (χ2v) is 4.51. The van der Waals surface area contributed by atoms with Crippen molar-refractivity contribution in [1.29, 1.82) is 0 Å². The van der Waals surface area contributed by atoms with Crippen molar-refractivity contribution in [2.75, 3.05) is 13.2 Å². The first-order chi connectivity index (χ1) is 8.75. The molecule has 4 heteroatoms. The highest BCUT2D eigenvalue weighted by Gasteiger charge is 2.03. The van der Waals surface area contributed by atoms with Gasteiger partial charge in [0.2, 0.25) is 0 Å². The van der Waals surface area contributed by atoms with E-state index < -0.39 is 0 Å². The molecule has 102 valence electrons. The summed E-state index contributed by atoms with van der Waals surface area (Å²) < 4.78 is 5.51. The minimum absolute atomic E-state index is 0.155. The SMILES string of the molecule is Cc1cc[nH]c(=O)c1OCCCCCCCCO. The van der Waals surface area contributed by atoms with Crippen LogP contribution in [0.15, 0.2) is 17.1 Å². The molecule has 0 saturated carbocycles. The maximum absolute atomic E-state index is 11.5. The lowest BCUT2D eigenvalue weighted by Gasteiger charge is -2.07. The fraction of sp³-hybridized carbons (Fsp3) is 0.643. The van der Waals surface area contributed by atoms with E-state index in [0.29, 0.717) is 19.0 Å². The lowest BCUT2D eigenvalue weighted by atomic mass is 10.1. The zero-order valence-corrected chi connectivity index (χ0v) is 11.1. The number of H-pyrrole nitrogens is 1. The van der Waals surface area contributed by atoms with Crippen LogP contribution in [0.3, 0.4) is 0 Å². The van der Waals surface area contributed by atoms with Crippen LogP contribution in [0.2, 0.25) is 0 Å². The highest BCUT2D eigenvalue weighted by molar-refractivity contribution is 5.27. The van der Waals surface area contributed by atoms with Crippen LogP contribution < -0.4 is 10.3 Å². The summed E-state index contributed by atoms with van der Waals surface area (Å²) in [6, 6.07) is 1.84. The van der Waals surface area contributed by atoms with Crippen molar-refractivity contribution in [3.63, 3.8) is 0 Å². The summed E-state index contributed by atoms with van der Waals surface area (Å²) in [4.78, 5) is 14.1. The Morgan fingerprint density at radius 3 is 2.50 bits per heavy atom. The van der Waals surface area contributed by atoms with Gasteiger partial charge >= 0.3 is 0 Å². The van der Waals surface area contributed by atoms with Crippen molar-refractivity contribution in [2.24, 2.45) is 0 Å². The van der Waals surface area contributed by atoms with Crippen LogP contribution in [0.25, 0.3) is 0 Å². The van der Waals surface area contributed by atoms with Crippen LogP contribution in [0, 0.1) is 6.92 Å². The molecule has 1 heterocycles. The van der Waals surface area contributed by atoms with Gasteiger partial charge in [0.15, 0.2) is 5.75 Å². The number of hydrogen-bond acceptors (Lipinski definition) is 3. The molecular formula is C14H23NO3. The van der Waals surface area contributed by atoms with Crippen LogP contribution in [0.4, 0.5) is 0 Å². The number of aryl methyl sites for hydroxylation is 1. The zero-order chi connectivity index (χ0) is 13.2. The van der Waals surface area contributed by atoms with E-state index in [9.17, 15) is 4.79 Å². The molecule has 0 aromatic carbocycles. The van der Waals surface area contributed by atoms with Crippen LogP contribution >= 0.6 is 0 Å². The third kappa shape index (κ3) is 5.36. The van der Waals surface area contributed by atoms with E-state index in [1.54, 1.807) is 6.20 Å². The predicted octanol–water partition coefficient (Wildman–Crippen LogP) is 2.40. The smallest absolute Gasteiger partial charge is 0.290 e. The van der Waals surface area contributed by atoms with Crippen molar-refractivity contribution < 1.29 is 9.84 Å². The maximum Gasteiger partial charge on any atom is 0.290 e. The molecular weight excluding hydrogens is 230 g/mol. The van der Waals surface area contributed by atoms with Crippen molar-refractivity contribution in [3.8, 4) is 5.75 Å². The van der Waals surface area contributed by atoms with Crippen molar-refractivity contribution in [1.82, 2.24) is 4.98 Å². The highest BCUT2D eigenvalue weighted by Crippen LogP contribution is 2.11.